The molecule has 2 amide bonds. The Labute approximate surface area is 173 Å². The first-order chi connectivity index (χ1) is 14.1. The molecule has 6 heteroatoms. The van der Waals surface area contributed by atoms with Crippen LogP contribution in [-0.2, 0) is 16.1 Å². The SMILES string of the molecule is C=CCN1C(=O)/C(=C/c2cn(Cc3ccccc3)c3ccccc23)C(=O)NC1=S. The fourth-order valence-corrected chi connectivity index (χ4v) is 3.70. The van der Waals surface area contributed by atoms with Crippen LogP contribution in [0.4, 0.5) is 0 Å². The van der Waals surface area contributed by atoms with Gasteiger partial charge in [0.05, 0.1) is 0 Å². The van der Waals surface area contributed by atoms with Crippen molar-refractivity contribution in [1.29, 1.82) is 0 Å². The van der Waals surface area contributed by atoms with E-state index in [9.17, 15) is 9.59 Å². The van der Waals surface area contributed by atoms with Gasteiger partial charge in [-0.3, -0.25) is 19.8 Å². The van der Waals surface area contributed by atoms with Crippen molar-refractivity contribution < 1.29 is 9.59 Å². The molecule has 1 fully saturated rings. The molecular formula is C23H19N3O2S. The van der Waals surface area contributed by atoms with Crippen LogP contribution in [0.3, 0.4) is 0 Å². The number of aromatic nitrogens is 1. The van der Waals surface area contributed by atoms with E-state index < -0.39 is 11.8 Å². The van der Waals surface area contributed by atoms with Gasteiger partial charge in [-0.1, -0.05) is 54.6 Å². The van der Waals surface area contributed by atoms with Crippen LogP contribution < -0.4 is 5.32 Å². The Kier molecular flexibility index (Phi) is 5.10. The topological polar surface area (TPSA) is 54.3 Å². The highest BCUT2D eigenvalue weighted by Gasteiger charge is 2.32. The van der Waals surface area contributed by atoms with Gasteiger partial charge in [-0.2, -0.15) is 0 Å². The normalized spacial score (nSPS) is 15.8. The minimum absolute atomic E-state index is 0.0584. The minimum Gasteiger partial charge on any atom is -0.342 e. The van der Waals surface area contributed by atoms with Crippen LogP contribution in [0.2, 0.25) is 0 Å². The summed E-state index contributed by atoms with van der Waals surface area (Å²) >= 11 is 5.11. The van der Waals surface area contributed by atoms with E-state index in [-0.39, 0.29) is 17.2 Å². The highest BCUT2D eigenvalue weighted by atomic mass is 32.1. The van der Waals surface area contributed by atoms with Crippen molar-refractivity contribution in [2.45, 2.75) is 6.54 Å². The molecule has 2 aromatic carbocycles. The van der Waals surface area contributed by atoms with Gasteiger partial charge in [-0.05, 0) is 29.9 Å². The van der Waals surface area contributed by atoms with Crippen molar-refractivity contribution >= 4 is 46.1 Å². The predicted molar refractivity (Wildman–Crippen MR) is 118 cm³/mol. The van der Waals surface area contributed by atoms with E-state index in [1.165, 1.54) is 10.5 Å². The van der Waals surface area contributed by atoms with Crippen molar-refractivity contribution in [3.63, 3.8) is 0 Å². The monoisotopic (exact) mass is 401 g/mol. The third-order valence-electron chi connectivity index (χ3n) is 4.81. The summed E-state index contributed by atoms with van der Waals surface area (Å²) in [6, 6.07) is 18.1. The summed E-state index contributed by atoms with van der Waals surface area (Å²) in [5.41, 5.74) is 3.07. The number of nitrogens with zero attached hydrogens (tertiary/aromatic N) is 2. The van der Waals surface area contributed by atoms with Crippen LogP contribution in [0.5, 0.6) is 0 Å². The van der Waals surface area contributed by atoms with Crippen LogP contribution in [0.25, 0.3) is 17.0 Å². The van der Waals surface area contributed by atoms with Gasteiger partial charge in [0.2, 0.25) is 0 Å². The van der Waals surface area contributed by atoms with Gasteiger partial charge >= 0.3 is 0 Å². The van der Waals surface area contributed by atoms with E-state index in [0.717, 1.165) is 16.5 Å². The van der Waals surface area contributed by atoms with Gasteiger partial charge < -0.3 is 4.57 Å². The number of rotatable bonds is 5. The van der Waals surface area contributed by atoms with E-state index >= 15 is 0 Å². The summed E-state index contributed by atoms with van der Waals surface area (Å²) in [5.74, 6) is -0.904. The predicted octanol–water partition coefficient (Wildman–Crippen LogP) is 3.50. The van der Waals surface area contributed by atoms with Gasteiger partial charge in [-0.25, -0.2) is 0 Å². The van der Waals surface area contributed by atoms with Crippen LogP contribution >= 0.6 is 12.2 Å². The first-order valence-electron chi connectivity index (χ1n) is 9.20. The number of hydrogen-bond acceptors (Lipinski definition) is 3. The molecule has 1 N–H and O–H groups in total. The number of para-hydroxylation sites is 1. The van der Waals surface area contributed by atoms with Crippen molar-refractivity contribution in [1.82, 2.24) is 14.8 Å². The fourth-order valence-electron chi connectivity index (χ4n) is 3.45. The van der Waals surface area contributed by atoms with Crippen LogP contribution in [0.15, 0.2) is 79.0 Å². The van der Waals surface area contributed by atoms with E-state index in [0.29, 0.717) is 6.54 Å². The van der Waals surface area contributed by atoms with E-state index in [1.54, 1.807) is 12.2 Å². The van der Waals surface area contributed by atoms with Crippen molar-refractivity contribution in [3.8, 4) is 0 Å². The third kappa shape index (κ3) is 3.62. The summed E-state index contributed by atoms with van der Waals surface area (Å²) < 4.78 is 2.12. The molecule has 0 saturated carbocycles. The number of carbonyl (C=O) groups excluding carboxylic acids is 2. The molecule has 5 nitrogen and oxygen atoms in total. The highest BCUT2D eigenvalue weighted by Crippen LogP contribution is 2.25. The molecule has 144 valence electrons. The van der Waals surface area contributed by atoms with Crippen LogP contribution in [0.1, 0.15) is 11.1 Å². The van der Waals surface area contributed by atoms with Crippen LogP contribution in [0, 0.1) is 0 Å². The Morgan fingerprint density at radius 1 is 1.03 bits per heavy atom. The Morgan fingerprint density at radius 3 is 2.52 bits per heavy atom. The molecule has 1 aliphatic rings. The molecule has 3 aromatic rings. The number of thiocarbonyl (C=S) groups is 1. The second-order valence-electron chi connectivity index (χ2n) is 6.74. The molecule has 0 radical (unpaired) electrons. The molecular weight excluding hydrogens is 382 g/mol. The highest BCUT2D eigenvalue weighted by molar-refractivity contribution is 7.80. The third-order valence-corrected chi connectivity index (χ3v) is 5.13. The maximum Gasteiger partial charge on any atom is 0.265 e. The Bertz CT molecular complexity index is 1160. The summed E-state index contributed by atoms with van der Waals surface area (Å²) in [6.07, 6.45) is 5.18. The largest absolute Gasteiger partial charge is 0.342 e. The molecule has 0 bridgehead atoms. The van der Waals surface area contributed by atoms with E-state index in [4.69, 9.17) is 12.2 Å². The lowest BCUT2D eigenvalue weighted by atomic mass is 10.1. The molecule has 1 aromatic heterocycles. The molecule has 0 unspecified atom stereocenters. The zero-order valence-electron chi connectivity index (χ0n) is 15.7. The molecule has 0 atom stereocenters. The maximum absolute atomic E-state index is 12.8. The average molecular weight is 401 g/mol. The zero-order chi connectivity index (χ0) is 20.4. The summed E-state index contributed by atoms with van der Waals surface area (Å²) in [6.45, 7) is 4.58. The summed E-state index contributed by atoms with van der Waals surface area (Å²) in [4.78, 5) is 26.6. The number of hydrogen-bond donors (Lipinski definition) is 1. The van der Waals surface area contributed by atoms with Crippen molar-refractivity contribution in [2.75, 3.05) is 6.54 Å². The Hall–Kier alpha value is -3.51. The second kappa shape index (κ2) is 7.85. The molecule has 1 saturated heterocycles. The van der Waals surface area contributed by atoms with Crippen molar-refractivity contribution in [3.05, 3.63) is 90.1 Å². The lowest BCUT2D eigenvalue weighted by molar-refractivity contribution is -0.128. The van der Waals surface area contributed by atoms with Gasteiger partial charge in [0, 0.05) is 35.8 Å². The van der Waals surface area contributed by atoms with Gasteiger partial charge in [-0.15, -0.1) is 6.58 Å². The van der Waals surface area contributed by atoms with Gasteiger partial charge in [0.1, 0.15) is 5.57 Å². The van der Waals surface area contributed by atoms with Crippen LogP contribution in [-0.4, -0.2) is 32.9 Å². The Morgan fingerprint density at radius 2 is 1.76 bits per heavy atom. The number of benzene rings is 2. The smallest absolute Gasteiger partial charge is 0.265 e. The molecule has 0 spiro atoms. The number of fused-ring (bicyclic) bond motifs is 1. The fraction of sp³-hybridized carbons (Fsp3) is 0.0870. The molecule has 4 rings (SSSR count). The molecule has 0 aliphatic carbocycles. The maximum atomic E-state index is 12.8. The molecule has 2 heterocycles. The quantitative estimate of drug-likeness (QED) is 0.308. The molecule has 1 aliphatic heterocycles. The van der Waals surface area contributed by atoms with Gasteiger partial charge in [0.25, 0.3) is 11.8 Å². The Balaban J connectivity index is 1.78. The second-order valence-corrected chi connectivity index (χ2v) is 7.12. The summed E-state index contributed by atoms with van der Waals surface area (Å²) in [7, 11) is 0. The van der Waals surface area contributed by atoms with Gasteiger partial charge in [0.15, 0.2) is 5.11 Å². The number of nitrogens with one attached hydrogen (secondary N) is 1. The van der Waals surface area contributed by atoms with Crippen molar-refractivity contribution in [2.24, 2.45) is 0 Å². The first kappa shape index (κ1) is 18.8. The number of amides is 2. The first-order valence-corrected chi connectivity index (χ1v) is 9.61. The summed E-state index contributed by atoms with van der Waals surface area (Å²) in [5, 5.41) is 3.66. The molecule has 29 heavy (non-hydrogen) atoms. The average Bonchev–Trinajstić information content (AvgIpc) is 3.07. The lowest BCUT2D eigenvalue weighted by Gasteiger charge is -2.27. The standard InChI is InChI=1S/C23H19N3O2S/c1-2-12-26-22(28)19(21(27)24-23(26)29)13-17-15-25(14-16-8-4-3-5-9-16)20-11-7-6-10-18(17)20/h2-11,13,15H,1,12,14H2,(H,24,27,29)/b19-13+. The lowest BCUT2D eigenvalue weighted by Crippen LogP contribution is -2.53. The van der Waals surface area contributed by atoms with E-state index in [1.807, 2.05) is 48.7 Å². The zero-order valence-corrected chi connectivity index (χ0v) is 16.5. The van der Waals surface area contributed by atoms with E-state index in [2.05, 4.69) is 28.6 Å². The number of carbonyl (C=O) groups is 2. The minimum atomic E-state index is -0.486.